The lowest BCUT2D eigenvalue weighted by Gasteiger charge is -2.17. The number of hydrogen-bond donors (Lipinski definition) is 3. The minimum atomic E-state index is -3.66. The molecule has 2 rings (SSSR count). The Hall–Kier alpha value is -1.44. The average Bonchev–Trinajstić information content (AvgIpc) is 2.97. The van der Waals surface area contributed by atoms with E-state index >= 15 is 0 Å². The molecule has 0 heterocycles. The van der Waals surface area contributed by atoms with Gasteiger partial charge in [-0.05, 0) is 37.5 Å². The summed E-state index contributed by atoms with van der Waals surface area (Å²) in [7, 11) is -3.66. The summed E-state index contributed by atoms with van der Waals surface area (Å²) in [5.41, 5.74) is 0.896. The summed E-state index contributed by atoms with van der Waals surface area (Å²) in [6.07, 6.45) is 4.49. The summed E-state index contributed by atoms with van der Waals surface area (Å²) >= 11 is 0. The normalized spacial score (nSPS) is 17.4. The van der Waals surface area contributed by atoms with Gasteiger partial charge in [-0.15, -0.1) is 0 Å². The quantitative estimate of drug-likeness (QED) is 0.722. The molecule has 1 aliphatic carbocycles. The highest BCUT2D eigenvalue weighted by Crippen LogP contribution is 2.17. The Labute approximate surface area is 131 Å². The van der Waals surface area contributed by atoms with E-state index in [1.54, 1.807) is 12.1 Å². The summed E-state index contributed by atoms with van der Waals surface area (Å²) in [5, 5.41) is 11.2. The maximum atomic E-state index is 12.0. The topological polar surface area (TPSA) is 101 Å². The molecule has 1 atom stereocenters. The first-order chi connectivity index (χ1) is 10.4. The Kier molecular flexibility index (Phi) is 5.55. The summed E-state index contributed by atoms with van der Waals surface area (Å²) in [6, 6.07) is 6.33. The first kappa shape index (κ1) is 16.9. The number of hydrogen-bond acceptors (Lipinski definition) is 4. The van der Waals surface area contributed by atoms with E-state index in [-0.39, 0.29) is 16.8 Å². The lowest BCUT2D eigenvalue weighted by atomic mass is 10.2. The number of carbonyl (C=O) groups excluding carboxylic acids is 1. The fourth-order valence-electron chi connectivity index (χ4n) is 2.56. The van der Waals surface area contributed by atoms with Crippen LogP contribution in [0.3, 0.4) is 0 Å². The zero-order valence-corrected chi connectivity index (χ0v) is 13.5. The van der Waals surface area contributed by atoms with Crippen LogP contribution in [-0.4, -0.2) is 26.4 Å². The molecule has 1 saturated carbocycles. The molecule has 0 saturated heterocycles. The van der Waals surface area contributed by atoms with Gasteiger partial charge in [0.25, 0.3) is 0 Å². The van der Waals surface area contributed by atoms with Crippen LogP contribution in [0.4, 0.5) is 0 Å². The lowest BCUT2D eigenvalue weighted by Crippen LogP contribution is -2.45. The standard InChI is InChI=1S/C15H23N3O3S/c1-11(15(19)18-13-4-2-3-5-13)17-10-12-6-8-14(9-7-12)22(16,20)21/h6-9,11,13,17H,2-5,10H2,1H3,(H,18,19)(H2,16,20,21)/t11-/m0/s1. The first-order valence-electron chi connectivity index (χ1n) is 7.52. The molecule has 0 bridgehead atoms. The van der Waals surface area contributed by atoms with Crippen molar-refractivity contribution in [3.63, 3.8) is 0 Å². The average molecular weight is 325 g/mol. The van der Waals surface area contributed by atoms with Gasteiger partial charge in [0.05, 0.1) is 10.9 Å². The van der Waals surface area contributed by atoms with E-state index in [1.165, 1.54) is 25.0 Å². The fraction of sp³-hybridized carbons (Fsp3) is 0.533. The third kappa shape index (κ3) is 4.79. The van der Waals surface area contributed by atoms with E-state index in [1.807, 2.05) is 6.92 Å². The molecule has 6 nitrogen and oxygen atoms in total. The summed E-state index contributed by atoms with van der Waals surface area (Å²) in [5.74, 6) is 0.00746. The minimum absolute atomic E-state index is 0.00746. The Morgan fingerprint density at radius 2 is 1.86 bits per heavy atom. The molecule has 0 spiro atoms. The number of sulfonamides is 1. The molecule has 1 amide bonds. The smallest absolute Gasteiger partial charge is 0.238 e. The third-order valence-corrected chi connectivity index (χ3v) is 4.89. The van der Waals surface area contributed by atoms with Crippen LogP contribution < -0.4 is 15.8 Å². The minimum Gasteiger partial charge on any atom is -0.352 e. The van der Waals surface area contributed by atoms with Crippen molar-refractivity contribution in [2.75, 3.05) is 0 Å². The van der Waals surface area contributed by atoms with E-state index in [4.69, 9.17) is 5.14 Å². The van der Waals surface area contributed by atoms with Crippen molar-refractivity contribution in [1.29, 1.82) is 0 Å². The number of primary sulfonamides is 1. The van der Waals surface area contributed by atoms with Gasteiger partial charge in [0.2, 0.25) is 15.9 Å². The van der Waals surface area contributed by atoms with Gasteiger partial charge in [-0.1, -0.05) is 25.0 Å². The zero-order chi connectivity index (χ0) is 16.2. The monoisotopic (exact) mass is 325 g/mol. The second-order valence-electron chi connectivity index (χ2n) is 5.78. The van der Waals surface area contributed by atoms with Crippen LogP contribution in [0.25, 0.3) is 0 Å². The molecule has 22 heavy (non-hydrogen) atoms. The van der Waals surface area contributed by atoms with Gasteiger partial charge in [0, 0.05) is 12.6 Å². The molecule has 1 fully saturated rings. The molecule has 1 aromatic rings. The van der Waals surface area contributed by atoms with Gasteiger partial charge in [-0.25, -0.2) is 13.6 Å². The predicted molar refractivity (Wildman–Crippen MR) is 84.5 cm³/mol. The Morgan fingerprint density at radius 3 is 2.41 bits per heavy atom. The Bertz CT molecular complexity index is 607. The van der Waals surface area contributed by atoms with Crippen molar-refractivity contribution in [2.45, 2.75) is 56.1 Å². The van der Waals surface area contributed by atoms with E-state index in [0.29, 0.717) is 12.6 Å². The predicted octanol–water partition coefficient (Wildman–Crippen LogP) is 0.871. The fourth-order valence-corrected chi connectivity index (χ4v) is 3.07. The maximum Gasteiger partial charge on any atom is 0.238 e. The van der Waals surface area contributed by atoms with Gasteiger partial charge >= 0.3 is 0 Å². The van der Waals surface area contributed by atoms with E-state index in [0.717, 1.165) is 18.4 Å². The third-order valence-electron chi connectivity index (χ3n) is 3.96. The molecule has 0 aromatic heterocycles. The van der Waals surface area contributed by atoms with Crippen molar-refractivity contribution >= 4 is 15.9 Å². The van der Waals surface area contributed by atoms with Crippen molar-refractivity contribution in [3.8, 4) is 0 Å². The van der Waals surface area contributed by atoms with Crippen LogP contribution in [0.2, 0.25) is 0 Å². The molecule has 1 aliphatic rings. The maximum absolute atomic E-state index is 12.0. The number of amides is 1. The van der Waals surface area contributed by atoms with Gasteiger partial charge in [0.15, 0.2) is 0 Å². The van der Waals surface area contributed by atoms with Crippen LogP contribution in [-0.2, 0) is 21.4 Å². The summed E-state index contributed by atoms with van der Waals surface area (Å²) in [6.45, 7) is 2.31. The largest absolute Gasteiger partial charge is 0.352 e. The molecular formula is C15H23N3O3S. The molecule has 7 heteroatoms. The molecule has 0 radical (unpaired) electrons. The Balaban J connectivity index is 1.82. The highest BCUT2D eigenvalue weighted by molar-refractivity contribution is 7.89. The van der Waals surface area contributed by atoms with Gasteiger partial charge in [-0.3, -0.25) is 4.79 Å². The summed E-state index contributed by atoms with van der Waals surface area (Å²) < 4.78 is 22.3. The van der Waals surface area contributed by atoms with E-state index < -0.39 is 10.0 Å². The first-order valence-corrected chi connectivity index (χ1v) is 9.06. The number of nitrogens with two attached hydrogens (primary N) is 1. The van der Waals surface area contributed by atoms with Crippen molar-refractivity contribution < 1.29 is 13.2 Å². The van der Waals surface area contributed by atoms with E-state index in [2.05, 4.69) is 10.6 Å². The zero-order valence-electron chi connectivity index (χ0n) is 12.7. The van der Waals surface area contributed by atoms with Crippen LogP contribution >= 0.6 is 0 Å². The van der Waals surface area contributed by atoms with Gasteiger partial charge in [0.1, 0.15) is 0 Å². The summed E-state index contributed by atoms with van der Waals surface area (Å²) in [4.78, 5) is 12.1. The van der Waals surface area contributed by atoms with Gasteiger partial charge < -0.3 is 10.6 Å². The second kappa shape index (κ2) is 7.21. The van der Waals surface area contributed by atoms with Crippen LogP contribution in [0.5, 0.6) is 0 Å². The van der Waals surface area contributed by atoms with Crippen LogP contribution in [0, 0.1) is 0 Å². The molecule has 0 unspecified atom stereocenters. The second-order valence-corrected chi connectivity index (χ2v) is 7.34. The van der Waals surface area contributed by atoms with Crippen molar-refractivity contribution in [2.24, 2.45) is 5.14 Å². The molecule has 0 aliphatic heterocycles. The highest BCUT2D eigenvalue weighted by atomic mass is 32.2. The van der Waals surface area contributed by atoms with Crippen molar-refractivity contribution in [3.05, 3.63) is 29.8 Å². The highest BCUT2D eigenvalue weighted by Gasteiger charge is 2.20. The number of benzene rings is 1. The van der Waals surface area contributed by atoms with E-state index in [9.17, 15) is 13.2 Å². The van der Waals surface area contributed by atoms with Gasteiger partial charge in [-0.2, -0.15) is 0 Å². The lowest BCUT2D eigenvalue weighted by molar-refractivity contribution is -0.123. The molecule has 122 valence electrons. The molecule has 1 aromatic carbocycles. The van der Waals surface area contributed by atoms with Crippen LogP contribution in [0.1, 0.15) is 38.2 Å². The number of nitrogens with one attached hydrogen (secondary N) is 2. The molecule has 4 N–H and O–H groups in total. The Morgan fingerprint density at radius 1 is 1.27 bits per heavy atom. The van der Waals surface area contributed by atoms with Crippen LogP contribution in [0.15, 0.2) is 29.2 Å². The number of rotatable bonds is 6. The van der Waals surface area contributed by atoms with Crippen molar-refractivity contribution in [1.82, 2.24) is 10.6 Å². The SMILES string of the molecule is C[C@H](NCc1ccc(S(N)(=O)=O)cc1)C(=O)NC1CCCC1. The molecular weight excluding hydrogens is 302 g/mol. The number of carbonyl (C=O) groups is 1.